The fraction of sp³-hybridized carbons (Fsp3) is 0.571. The van der Waals surface area contributed by atoms with Gasteiger partial charge in [-0.3, -0.25) is 9.59 Å². The van der Waals surface area contributed by atoms with Gasteiger partial charge < -0.3 is 15.2 Å². The number of nitrogens with one attached hydrogen (secondary N) is 2. The lowest BCUT2D eigenvalue weighted by Gasteiger charge is -2.13. The van der Waals surface area contributed by atoms with E-state index in [1.807, 2.05) is 27.0 Å². The Morgan fingerprint density at radius 2 is 2.00 bits per heavy atom. The molecule has 1 rings (SSSR count). The van der Waals surface area contributed by atoms with E-state index in [4.69, 9.17) is 0 Å². The van der Waals surface area contributed by atoms with Gasteiger partial charge in [0.1, 0.15) is 5.56 Å². The maximum absolute atomic E-state index is 12.1. The van der Waals surface area contributed by atoms with Gasteiger partial charge in [-0.15, -0.1) is 0 Å². The van der Waals surface area contributed by atoms with E-state index in [1.54, 1.807) is 17.7 Å². The maximum Gasteiger partial charge on any atom is 0.263 e. The molecule has 0 aromatic carbocycles. The summed E-state index contributed by atoms with van der Waals surface area (Å²) in [5.74, 6) is -0.0440. The Bertz CT molecular complexity index is 492. The molecule has 106 valence electrons. The Labute approximate surface area is 114 Å². The van der Waals surface area contributed by atoms with Crippen molar-refractivity contribution in [3.63, 3.8) is 0 Å². The van der Waals surface area contributed by atoms with Crippen molar-refractivity contribution in [3.8, 4) is 0 Å². The Morgan fingerprint density at radius 3 is 2.58 bits per heavy atom. The fourth-order valence-corrected chi connectivity index (χ4v) is 1.96. The number of carbonyl (C=O) groups is 1. The molecule has 1 amide bonds. The van der Waals surface area contributed by atoms with Gasteiger partial charge in [0.25, 0.3) is 11.5 Å². The highest BCUT2D eigenvalue weighted by atomic mass is 16.2. The maximum atomic E-state index is 12.1. The Balaban J connectivity index is 2.82. The summed E-state index contributed by atoms with van der Waals surface area (Å²) < 4.78 is 1.55. The van der Waals surface area contributed by atoms with Gasteiger partial charge in [0.2, 0.25) is 0 Å². The van der Waals surface area contributed by atoms with Gasteiger partial charge in [0.05, 0.1) is 0 Å². The summed E-state index contributed by atoms with van der Waals surface area (Å²) in [5, 5.41) is 5.76. The number of amides is 1. The smallest absolute Gasteiger partial charge is 0.263 e. The van der Waals surface area contributed by atoms with Crippen LogP contribution in [0.4, 0.5) is 0 Å². The first kappa shape index (κ1) is 15.4. The number of carbonyl (C=O) groups excluding carboxylic acids is 1. The first-order chi connectivity index (χ1) is 8.99. The monoisotopic (exact) mass is 265 g/mol. The summed E-state index contributed by atoms with van der Waals surface area (Å²) in [6, 6.07) is 3.46. The second kappa shape index (κ2) is 7.09. The number of nitrogens with zero attached hydrogens (tertiary/aromatic N) is 1. The molecule has 0 saturated carbocycles. The normalized spacial score (nSPS) is 10.8. The van der Waals surface area contributed by atoms with Crippen molar-refractivity contribution in [3.05, 3.63) is 33.7 Å². The molecule has 5 nitrogen and oxygen atoms in total. The average molecular weight is 265 g/mol. The molecule has 1 heterocycles. The van der Waals surface area contributed by atoms with E-state index in [9.17, 15) is 9.59 Å². The molecule has 1 aromatic heterocycles. The summed E-state index contributed by atoms with van der Waals surface area (Å²) in [6.07, 6.45) is 0.840. The quantitative estimate of drug-likeness (QED) is 0.750. The van der Waals surface area contributed by atoms with Gasteiger partial charge >= 0.3 is 0 Å². The van der Waals surface area contributed by atoms with Crippen molar-refractivity contribution in [2.24, 2.45) is 7.05 Å². The van der Waals surface area contributed by atoms with Crippen LogP contribution in [0.3, 0.4) is 0 Å². The third-order valence-corrected chi connectivity index (χ3v) is 3.07. The third-order valence-electron chi connectivity index (χ3n) is 3.07. The molecule has 0 unspecified atom stereocenters. The lowest BCUT2D eigenvalue weighted by Crippen LogP contribution is -2.34. The highest BCUT2D eigenvalue weighted by Crippen LogP contribution is 2.11. The number of pyridine rings is 1. The van der Waals surface area contributed by atoms with E-state index >= 15 is 0 Å². The second-order valence-electron chi connectivity index (χ2n) is 4.90. The molecule has 0 saturated heterocycles. The Morgan fingerprint density at radius 1 is 1.32 bits per heavy atom. The molecule has 0 aliphatic heterocycles. The summed E-state index contributed by atoms with van der Waals surface area (Å²) in [5.41, 5.74) is 0.894. The van der Waals surface area contributed by atoms with Crippen LogP contribution < -0.4 is 16.2 Å². The van der Waals surface area contributed by atoms with Crippen LogP contribution in [-0.4, -0.2) is 30.6 Å². The molecule has 5 heteroatoms. The zero-order valence-corrected chi connectivity index (χ0v) is 12.1. The van der Waals surface area contributed by atoms with Gasteiger partial charge in [0, 0.05) is 19.3 Å². The van der Waals surface area contributed by atoms with E-state index < -0.39 is 0 Å². The molecule has 0 atom stereocenters. The van der Waals surface area contributed by atoms with Crippen LogP contribution in [0.5, 0.6) is 0 Å². The Hall–Kier alpha value is -1.62. The highest BCUT2D eigenvalue weighted by Gasteiger charge is 2.13. The van der Waals surface area contributed by atoms with Crippen molar-refractivity contribution in [1.82, 2.24) is 15.2 Å². The van der Waals surface area contributed by atoms with E-state index in [-0.39, 0.29) is 22.9 Å². The largest absolute Gasteiger partial charge is 0.352 e. The molecule has 2 N–H and O–H groups in total. The lowest BCUT2D eigenvalue weighted by atomic mass is 10.1. The summed E-state index contributed by atoms with van der Waals surface area (Å²) in [7, 11) is 3.57. The molecule has 0 fully saturated rings. The van der Waals surface area contributed by atoms with Gasteiger partial charge in [0.15, 0.2) is 0 Å². The van der Waals surface area contributed by atoms with Crippen LogP contribution in [0, 0.1) is 0 Å². The van der Waals surface area contributed by atoms with Crippen LogP contribution in [0.1, 0.15) is 42.2 Å². The van der Waals surface area contributed by atoms with E-state index in [0.29, 0.717) is 6.54 Å². The molecule has 1 aromatic rings. The molecular weight excluding hydrogens is 242 g/mol. The van der Waals surface area contributed by atoms with Gasteiger partial charge in [-0.05, 0) is 38.1 Å². The zero-order chi connectivity index (χ0) is 14.4. The second-order valence-corrected chi connectivity index (χ2v) is 4.90. The SMILES string of the molecule is CNCCCNC(=O)c1ccc(C(C)C)n(C)c1=O. The van der Waals surface area contributed by atoms with Gasteiger partial charge in [-0.25, -0.2) is 0 Å². The summed E-state index contributed by atoms with van der Waals surface area (Å²) in [6.45, 7) is 5.44. The molecule has 0 radical (unpaired) electrons. The lowest BCUT2D eigenvalue weighted by molar-refractivity contribution is 0.0951. The topological polar surface area (TPSA) is 63.1 Å². The van der Waals surface area contributed by atoms with E-state index in [1.165, 1.54) is 0 Å². The van der Waals surface area contributed by atoms with Crippen molar-refractivity contribution in [2.45, 2.75) is 26.2 Å². The van der Waals surface area contributed by atoms with Crippen molar-refractivity contribution < 1.29 is 4.79 Å². The predicted molar refractivity (Wildman–Crippen MR) is 76.6 cm³/mol. The number of hydrogen-bond donors (Lipinski definition) is 2. The minimum Gasteiger partial charge on any atom is -0.352 e. The fourth-order valence-electron chi connectivity index (χ4n) is 1.96. The Kier molecular flexibility index (Phi) is 5.76. The van der Waals surface area contributed by atoms with Crippen molar-refractivity contribution in [1.29, 1.82) is 0 Å². The zero-order valence-electron chi connectivity index (χ0n) is 12.1. The first-order valence-corrected chi connectivity index (χ1v) is 6.61. The van der Waals surface area contributed by atoms with Crippen molar-refractivity contribution >= 4 is 5.91 Å². The first-order valence-electron chi connectivity index (χ1n) is 6.61. The van der Waals surface area contributed by atoms with Crippen LogP contribution in [-0.2, 0) is 7.05 Å². The van der Waals surface area contributed by atoms with Crippen LogP contribution in [0.25, 0.3) is 0 Å². The minimum absolute atomic E-state index is 0.205. The average Bonchev–Trinajstić information content (AvgIpc) is 2.37. The van der Waals surface area contributed by atoms with Crippen LogP contribution in [0.15, 0.2) is 16.9 Å². The third kappa shape index (κ3) is 3.92. The summed E-state index contributed by atoms with van der Waals surface area (Å²) in [4.78, 5) is 24.0. The van der Waals surface area contributed by atoms with Crippen LogP contribution >= 0.6 is 0 Å². The highest BCUT2D eigenvalue weighted by molar-refractivity contribution is 5.93. The molecular formula is C14H23N3O2. The number of aromatic nitrogens is 1. The van der Waals surface area contributed by atoms with Crippen LogP contribution in [0.2, 0.25) is 0 Å². The molecule has 0 spiro atoms. The molecule has 0 aliphatic rings. The van der Waals surface area contributed by atoms with E-state index in [2.05, 4.69) is 10.6 Å². The van der Waals surface area contributed by atoms with E-state index in [0.717, 1.165) is 18.7 Å². The standard InChI is InChI=1S/C14H23N3O2/c1-10(2)12-7-6-11(14(19)17(12)4)13(18)16-9-5-8-15-3/h6-7,10,15H,5,8-9H2,1-4H3,(H,16,18). The number of rotatable bonds is 6. The predicted octanol–water partition coefficient (Wildman–Crippen LogP) is 0.848. The molecule has 0 aliphatic carbocycles. The number of hydrogen-bond acceptors (Lipinski definition) is 3. The van der Waals surface area contributed by atoms with Crippen molar-refractivity contribution in [2.75, 3.05) is 20.1 Å². The minimum atomic E-state index is -0.299. The molecule has 0 bridgehead atoms. The summed E-state index contributed by atoms with van der Waals surface area (Å²) >= 11 is 0. The molecule has 19 heavy (non-hydrogen) atoms. The van der Waals surface area contributed by atoms with Gasteiger partial charge in [-0.2, -0.15) is 0 Å². The van der Waals surface area contributed by atoms with Gasteiger partial charge in [-0.1, -0.05) is 13.8 Å².